The van der Waals surface area contributed by atoms with Crippen molar-refractivity contribution in [1.82, 2.24) is 15.0 Å². The number of para-hydroxylation sites is 3. The lowest BCUT2D eigenvalue weighted by Crippen LogP contribution is -2.14. The van der Waals surface area contributed by atoms with Crippen molar-refractivity contribution in [1.29, 1.82) is 0 Å². The molecule has 1 amide bonds. The van der Waals surface area contributed by atoms with Gasteiger partial charge in [-0.2, -0.15) is 0 Å². The third-order valence-corrected chi connectivity index (χ3v) is 3.71. The Kier molecular flexibility index (Phi) is 3.05. The van der Waals surface area contributed by atoms with Gasteiger partial charge in [0, 0.05) is 11.1 Å². The summed E-state index contributed by atoms with van der Waals surface area (Å²) in [7, 11) is 0. The summed E-state index contributed by atoms with van der Waals surface area (Å²) in [5.74, 6) is 0.237. The number of fused-ring (bicyclic) bond motifs is 2. The predicted molar refractivity (Wildman–Crippen MR) is 90.5 cm³/mol. The molecule has 0 unspecified atom stereocenters. The number of hydrogen-bond donors (Lipinski definition) is 2. The summed E-state index contributed by atoms with van der Waals surface area (Å²) in [5, 5.41) is 3.66. The number of benzene rings is 2. The monoisotopic (exact) mass is 302 g/mol. The molecule has 5 nitrogen and oxygen atoms in total. The van der Waals surface area contributed by atoms with E-state index in [0.29, 0.717) is 11.5 Å². The fraction of sp³-hybridized carbons (Fsp3) is 0.0556. The Bertz CT molecular complexity index is 1000. The Morgan fingerprint density at radius 2 is 1.74 bits per heavy atom. The molecule has 0 fully saturated rings. The fourth-order valence-electron chi connectivity index (χ4n) is 2.68. The normalized spacial score (nSPS) is 11.0. The van der Waals surface area contributed by atoms with Crippen molar-refractivity contribution in [2.45, 2.75) is 6.92 Å². The van der Waals surface area contributed by atoms with Gasteiger partial charge in [-0.05, 0) is 31.2 Å². The largest absolute Gasteiger partial charge is 0.324 e. The van der Waals surface area contributed by atoms with Gasteiger partial charge in [-0.25, -0.2) is 4.98 Å². The Hall–Kier alpha value is -3.21. The Morgan fingerprint density at radius 1 is 1.00 bits per heavy atom. The third kappa shape index (κ3) is 2.42. The molecule has 2 heterocycles. The number of anilines is 1. The molecule has 2 N–H and O–H groups in total. The lowest BCUT2D eigenvalue weighted by molar-refractivity contribution is 0.102. The van der Waals surface area contributed by atoms with Gasteiger partial charge in [0.05, 0.1) is 22.1 Å². The number of H-pyrrole nitrogens is 1. The number of pyridine rings is 1. The summed E-state index contributed by atoms with van der Waals surface area (Å²) in [6.07, 6.45) is 0. The number of aromatic amines is 1. The standard InChI is InChI=1S/C18H14N4O/c1-11-10-13(12-6-2-3-7-14(12)19-11)17(23)22-18-20-15-8-4-5-9-16(15)21-18/h2-10H,1H3,(H2,20,21,22,23). The molecule has 0 aliphatic carbocycles. The zero-order valence-corrected chi connectivity index (χ0v) is 12.5. The van der Waals surface area contributed by atoms with Crippen molar-refractivity contribution >= 4 is 33.8 Å². The topological polar surface area (TPSA) is 70.7 Å². The van der Waals surface area contributed by atoms with E-state index in [1.165, 1.54) is 0 Å². The van der Waals surface area contributed by atoms with Gasteiger partial charge in [-0.1, -0.05) is 30.3 Å². The van der Waals surface area contributed by atoms with E-state index in [4.69, 9.17) is 0 Å². The molecule has 4 aromatic rings. The molecule has 2 aromatic heterocycles. The number of rotatable bonds is 2. The molecular formula is C18H14N4O. The predicted octanol–water partition coefficient (Wildman–Crippen LogP) is 3.67. The first-order chi connectivity index (χ1) is 11.2. The highest BCUT2D eigenvalue weighted by atomic mass is 16.1. The number of hydrogen-bond acceptors (Lipinski definition) is 3. The van der Waals surface area contributed by atoms with Crippen LogP contribution in [0.25, 0.3) is 21.9 Å². The summed E-state index contributed by atoms with van der Waals surface area (Å²) in [6.45, 7) is 1.88. The van der Waals surface area contributed by atoms with Gasteiger partial charge in [0.15, 0.2) is 0 Å². The van der Waals surface area contributed by atoms with Gasteiger partial charge >= 0.3 is 0 Å². The van der Waals surface area contributed by atoms with Crippen LogP contribution >= 0.6 is 0 Å². The number of nitrogens with one attached hydrogen (secondary N) is 2. The maximum absolute atomic E-state index is 12.7. The second kappa shape index (κ2) is 5.21. The van der Waals surface area contributed by atoms with E-state index in [-0.39, 0.29) is 5.91 Å². The first-order valence-corrected chi connectivity index (χ1v) is 7.33. The maximum Gasteiger partial charge on any atom is 0.258 e. The molecule has 0 saturated carbocycles. The average Bonchev–Trinajstić information content (AvgIpc) is 2.96. The minimum absolute atomic E-state index is 0.203. The van der Waals surface area contributed by atoms with Crippen LogP contribution in [0.4, 0.5) is 5.95 Å². The Balaban J connectivity index is 1.74. The van der Waals surface area contributed by atoms with Crippen LogP contribution in [0.3, 0.4) is 0 Å². The Morgan fingerprint density at radius 3 is 2.57 bits per heavy atom. The summed E-state index contributed by atoms with van der Waals surface area (Å²) < 4.78 is 0. The van der Waals surface area contributed by atoms with Crippen molar-refractivity contribution < 1.29 is 4.79 Å². The lowest BCUT2D eigenvalue weighted by Gasteiger charge is -2.07. The maximum atomic E-state index is 12.7. The molecule has 0 atom stereocenters. The van der Waals surface area contributed by atoms with Crippen molar-refractivity contribution in [2.24, 2.45) is 0 Å². The van der Waals surface area contributed by atoms with Crippen LogP contribution in [0, 0.1) is 6.92 Å². The number of carbonyl (C=O) groups excluding carboxylic acids is 1. The minimum atomic E-state index is -0.203. The molecule has 2 aromatic carbocycles. The molecule has 0 aliphatic heterocycles. The van der Waals surface area contributed by atoms with Crippen molar-refractivity contribution in [2.75, 3.05) is 5.32 Å². The number of carbonyl (C=O) groups is 1. The van der Waals surface area contributed by atoms with Gasteiger partial charge in [-0.15, -0.1) is 0 Å². The first-order valence-electron chi connectivity index (χ1n) is 7.33. The molecule has 0 radical (unpaired) electrons. The van der Waals surface area contributed by atoms with Crippen LogP contribution in [0.5, 0.6) is 0 Å². The molecule has 23 heavy (non-hydrogen) atoms. The lowest BCUT2D eigenvalue weighted by atomic mass is 10.1. The highest BCUT2D eigenvalue weighted by molar-refractivity contribution is 6.12. The van der Waals surface area contributed by atoms with Gasteiger partial charge in [0.1, 0.15) is 0 Å². The molecule has 0 spiro atoms. The highest BCUT2D eigenvalue weighted by Gasteiger charge is 2.13. The van der Waals surface area contributed by atoms with E-state index in [1.54, 1.807) is 6.07 Å². The number of amides is 1. The zero-order chi connectivity index (χ0) is 15.8. The number of imidazole rings is 1. The van der Waals surface area contributed by atoms with E-state index < -0.39 is 0 Å². The van der Waals surface area contributed by atoms with Crippen LogP contribution in [0.15, 0.2) is 54.6 Å². The number of aryl methyl sites for hydroxylation is 1. The van der Waals surface area contributed by atoms with Gasteiger partial charge in [0.2, 0.25) is 5.95 Å². The fourth-order valence-corrected chi connectivity index (χ4v) is 2.68. The van der Waals surface area contributed by atoms with Crippen LogP contribution in [0.1, 0.15) is 16.1 Å². The molecule has 4 rings (SSSR count). The number of aromatic nitrogens is 3. The highest BCUT2D eigenvalue weighted by Crippen LogP contribution is 2.20. The molecular weight excluding hydrogens is 288 g/mol. The van der Waals surface area contributed by atoms with Crippen LogP contribution in [0.2, 0.25) is 0 Å². The second-order valence-corrected chi connectivity index (χ2v) is 5.39. The molecule has 0 saturated heterocycles. The van der Waals surface area contributed by atoms with Gasteiger partial charge in [-0.3, -0.25) is 15.1 Å². The smallest absolute Gasteiger partial charge is 0.258 e. The van der Waals surface area contributed by atoms with E-state index >= 15 is 0 Å². The average molecular weight is 302 g/mol. The van der Waals surface area contributed by atoms with E-state index in [0.717, 1.165) is 27.6 Å². The van der Waals surface area contributed by atoms with Crippen molar-refractivity contribution in [3.63, 3.8) is 0 Å². The summed E-state index contributed by atoms with van der Waals surface area (Å²) in [5.41, 5.74) is 3.91. The van der Waals surface area contributed by atoms with Crippen LogP contribution in [-0.4, -0.2) is 20.9 Å². The van der Waals surface area contributed by atoms with Crippen molar-refractivity contribution in [3.8, 4) is 0 Å². The van der Waals surface area contributed by atoms with E-state index in [1.807, 2.05) is 55.5 Å². The molecule has 0 aliphatic rings. The van der Waals surface area contributed by atoms with Gasteiger partial charge < -0.3 is 4.98 Å². The summed E-state index contributed by atoms with van der Waals surface area (Å²) in [6, 6.07) is 17.1. The molecule has 5 heteroatoms. The number of nitrogens with zero attached hydrogens (tertiary/aromatic N) is 2. The first kappa shape index (κ1) is 13.5. The molecule has 0 bridgehead atoms. The zero-order valence-electron chi connectivity index (χ0n) is 12.5. The van der Waals surface area contributed by atoms with E-state index in [9.17, 15) is 4.79 Å². The van der Waals surface area contributed by atoms with Crippen LogP contribution in [-0.2, 0) is 0 Å². The second-order valence-electron chi connectivity index (χ2n) is 5.39. The third-order valence-electron chi connectivity index (χ3n) is 3.71. The SMILES string of the molecule is Cc1cc(C(=O)Nc2nc3ccccc3[nH]2)c2ccccc2n1. The van der Waals surface area contributed by atoms with E-state index in [2.05, 4.69) is 20.3 Å². The van der Waals surface area contributed by atoms with Crippen molar-refractivity contribution in [3.05, 3.63) is 65.9 Å². The van der Waals surface area contributed by atoms with Gasteiger partial charge in [0.25, 0.3) is 5.91 Å². The molecule has 112 valence electrons. The Labute approximate surface area is 132 Å². The summed E-state index contributed by atoms with van der Waals surface area (Å²) in [4.78, 5) is 24.6. The van der Waals surface area contributed by atoms with Crippen LogP contribution < -0.4 is 5.32 Å². The quantitative estimate of drug-likeness (QED) is 0.593. The minimum Gasteiger partial charge on any atom is -0.324 e. The summed E-state index contributed by atoms with van der Waals surface area (Å²) >= 11 is 0.